The van der Waals surface area contributed by atoms with Gasteiger partial charge < -0.3 is 9.72 Å². The quantitative estimate of drug-likeness (QED) is 0.829. The fraction of sp³-hybridized carbons (Fsp3) is 0.357. The van der Waals surface area contributed by atoms with Crippen molar-refractivity contribution in [3.8, 4) is 0 Å². The third-order valence-electron chi connectivity index (χ3n) is 3.38. The molecule has 0 saturated carbocycles. The van der Waals surface area contributed by atoms with Gasteiger partial charge in [0, 0.05) is 29.3 Å². The summed E-state index contributed by atoms with van der Waals surface area (Å²) in [5.74, 6) is -0.382. The van der Waals surface area contributed by atoms with Gasteiger partial charge in [-0.2, -0.15) is 0 Å². The van der Waals surface area contributed by atoms with E-state index in [4.69, 9.17) is 4.74 Å². The molecule has 94 valence electrons. The smallest absolute Gasteiger partial charge is 0.193 e. The highest BCUT2D eigenvalue weighted by atomic mass is 19.1. The maximum atomic E-state index is 13.2. The van der Waals surface area contributed by atoms with E-state index >= 15 is 0 Å². The van der Waals surface area contributed by atoms with Crippen LogP contribution in [0.2, 0.25) is 0 Å². The summed E-state index contributed by atoms with van der Waals surface area (Å²) in [6.45, 7) is 0.632. The molecule has 2 aromatic rings. The fourth-order valence-corrected chi connectivity index (χ4v) is 2.42. The van der Waals surface area contributed by atoms with Crippen molar-refractivity contribution in [1.29, 1.82) is 0 Å². The Morgan fingerprint density at radius 3 is 3.06 bits per heavy atom. The van der Waals surface area contributed by atoms with Gasteiger partial charge in [0.1, 0.15) is 11.9 Å². The molecule has 0 amide bonds. The van der Waals surface area contributed by atoms with Gasteiger partial charge in [-0.15, -0.1) is 0 Å². The minimum Gasteiger partial charge on any atom is -0.370 e. The minimum atomic E-state index is -0.374. The van der Waals surface area contributed by atoms with E-state index in [2.05, 4.69) is 4.98 Å². The first-order valence-corrected chi connectivity index (χ1v) is 6.18. The molecule has 0 bridgehead atoms. The number of hydrogen-bond acceptors (Lipinski definition) is 2. The second kappa shape index (κ2) is 4.53. The Morgan fingerprint density at radius 2 is 2.28 bits per heavy atom. The van der Waals surface area contributed by atoms with Crippen LogP contribution in [0.15, 0.2) is 24.4 Å². The zero-order chi connectivity index (χ0) is 12.5. The average Bonchev–Trinajstić information content (AvgIpc) is 2.82. The van der Waals surface area contributed by atoms with E-state index < -0.39 is 0 Å². The Balaban J connectivity index is 1.98. The molecular weight excluding hydrogens is 233 g/mol. The van der Waals surface area contributed by atoms with Gasteiger partial charge in [0.15, 0.2) is 5.78 Å². The summed E-state index contributed by atoms with van der Waals surface area (Å²) >= 11 is 0. The average molecular weight is 247 g/mol. The van der Waals surface area contributed by atoms with Crippen LogP contribution in [0.5, 0.6) is 0 Å². The molecule has 1 saturated heterocycles. The molecule has 1 aromatic heterocycles. The summed E-state index contributed by atoms with van der Waals surface area (Å²) in [7, 11) is 0. The SMILES string of the molecule is O=C(c1c[nH]c2ccc(F)cc12)C1CCCCO1. The Labute approximate surface area is 104 Å². The molecule has 0 spiro atoms. The molecule has 1 unspecified atom stereocenters. The lowest BCUT2D eigenvalue weighted by Crippen LogP contribution is -2.28. The summed E-state index contributed by atoms with van der Waals surface area (Å²) in [5.41, 5.74) is 1.30. The fourth-order valence-electron chi connectivity index (χ4n) is 2.42. The Bertz CT molecular complexity index is 584. The predicted octanol–water partition coefficient (Wildman–Crippen LogP) is 3.06. The van der Waals surface area contributed by atoms with Gasteiger partial charge in [0.25, 0.3) is 0 Å². The molecule has 3 nitrogen and oxygen atoms in total. The Morgan fingerprint density at radius 1 is 1.39 bits per heavy atom. The normalized spacial score (nSPS) is 20.2. The van der Waals surface area contributed by atoms with E-state index in [0.29, 0.717) is 17.6 Å². The first kappa shape index (κ1) is 11.4. The molecule has 3 rings (SSSR count). The first-order valence-electron chi connectivity index (χ1n) is 6.18. The number of halogens is 1. The van der Waals surface area contributed by atoms with Crippen LogP contribution in [0.1, 0.15) is 29.6 Å². The molecule has 0 radical (unpaired) electrons. The largest absolute Gasteiger partial charge is 0.370 e. The monoisotopic (exact) mass is 247 g/mol. The number of benzene rings is 1. The topological polar surface area (TPSA) is 42.1 Å². The highest BCUT2D eigenvalue weighted by Gasteiger charge is 2.25. The first-order chi connectivity index (χ1) is 8.75. The van der Waals surface area contributed by atoms with Crippen LogP contribution < -0.4 is 0 Å². The number of carbonyl (C=O) groups excluding carboxylic acids is 1. The van der Waals surface area contributed by atoms with Gasteiger partial charge in [-0.3, -0.25) is 4.79 Å². The van der Waals surface area contributed by atoms with Crippen LogP contribution in [-0.2, 0) is 4.74 Å². The second-order valence-corrected chi connectivity index (χ2v) is 4.61. The Hall–Kier alpha value is -1.68. The van der Waals surface area contributed by atoms with Crippen molar-refractivity contribution in [2.75, 3.05) is 6.61 Å². The number of fused-ring (bicyclic) bond motifs is 1. The van der Waals surface area contributed by atoms with Gasteiger partial charge in [-0.1, -0.05) is 0 Å². The number of H-pyrrole nitrogens is 1. The number of aromatic nitrogens is 1. The number of nitrogens with one attached hydrogen (secondary N) is 1. The van der Waals surface area contributed by atoms with Crippen molar-refractivity contribution in [3.63, 3.8) is 0 Å². The number of hydrogen-bond donors (Lipinski definition) is 1. The van der Waals surface area contributed by atoms with Crippen molar-refractivity contribution in [3.05, 3.63) is 35.8 Å². The lowest BCUT2D eigenvalue weighted by atomic mass is 9.99. The van der Waals surface area contributed by atoms with Crippen molar-refractivity contribution >= 4 is 16.7 Å². The predicted molar refractivity (Wildman–Crippen MR) is 66.2 cm³/mol. The highest BCUT2D eigenvalue weighted by molar-refractivity contribution is 6.09. The van der Waals surface area contributed by atoms with Crippen LogP contribution in [0.4, 0.5) is 4.39 Å². The van der Waals surface area contributed by atoms with Crippen LogP contribution in [0.25, 0.3) is 10.9 Å². The molecular formula is C14H14FNO2. The number of ketones is 1. The number of aromatic amines is 1. The molecule has 1 aliphatic heterocycles. The van der Waals surface area contributed by atoms with Gasteiger partial charge in [-0.05, 0) is 37.5 Å². The molecule has 1 atom stereocenters. The molecule has 2 heterocycles. The summed E-state index contributed by atoms with van der Waals surface area (Å²) in [6.07, 6.45) is 4.03. The Kier molecular flexibility index (Phi) is 2.88. The van der Waals surface area contributed by atoms with E-state index in [1.54, 1.807) is 12.3 Å². The third kappa shape index (κ3) is 1.93. The molecule has 1 aliphatic rings. The summed E-state index contributed by atoms with van der Waals surface area (Å²) in [5, 5.41) is 0.633. The zero-order valence-electron chi connectivity index (χ0n) is 9.91. The van der Waals surface area contributed by atoms with Crippen LogP contribution in [0, 0.1) is 5.82 Å². The summed E-state index contributed by atoms with van der Waals surface area (Å²) in [4.78, 5) is 15.3. The van der Waals surface area contributed by atoms with E-state index in [9.17, 15) is 9.18 Å². The standard InChI is InChI=1S/C14H14FNO2/c15-9-4-5-12-10(7-9)11(8-16-12)14(17)13-3-1-2-6-18-13/h4-5,7-8,13,16H,1-3,6H2. The van der Waals surface area contributed by atoms with Crippen LogP contribution in [0.3, 0.4) is 0 Å². The van der Waals surface area contributed by atoms with Gasteiger partial charge in [0.05, 0.1) is 0 Å². The number of carbonyl (C=O) groups is 1. The maximum absolute atomic E-state index is 13.2. The maximum Gasteiger partial charge on any atom is 0.193 e. The third-order valence-corrected chi connectivity index (χ3v) is 3.38. The number of rotatable bonds is 2. The number of Topliss-reactive ketones (excluding diaryl/α,β-unsaturated/α-hetero) is 1. The van der Waals surface area contributed by atoms with Crippen molar-refractivity contribution in [2.24, 2.45) is 0 Å². The van der Waals surface area contributed by atoms with Crippen LogP contribution in [-0.4, -0.2) is 23.5 Å². The van der Waals surface area contributed by atoms with Crippen molar-refractivity contribution < 1.29 is 13.9 Å². The molecule has 1 aromatic carbocycles. The van der Waals surface area contributed by atoms with E-state index in [1.165, 1.54) is 12.1 Å². The molecule has 1 N–H and O–H groups in total. The highest BCUT2D eigenvalue weighted by Crippen LogP contribution is 2.24. The lowest BCUT2D eigenvalue weighted by molar-refractivity contribution is 0.0188. The molecule has 1 fully saturated rings. The lowest BCUT2D eigenvalue weighted by Gasteiger charge is -2.20. The van der Waals surface area contributed by atoms with Gasteiger partial charge in [0.2, 0.25) is 0 Å². The molecule has 0 aliphatic carbocycles. The molecule has 4 heteroatoms. The van der Waals surface area contributed by atoms with Crippen LogP contribution >= 0.6 is 0 Å². The van der Waals surface area contributed by atoms with E-state index in [1.807, 2.05) is 0 Å². The minimum absolute atomic E-state index is 0.0495. The molecule has 18 heavy (non-hydrogen) atoms. The zero-order valence-corrected chi connectivity index (χ0v) is 9.91. The number of ether oxygens (including phenoxy) is 1. The van der Waals surface area contributed by atoms with Gasteiger partial charge >= 0.3 is 0 Å². The summed E-state index contributed by atoms with van der Waals surface area (Å²) in [6, 6.07) is 4.41. The van der Waals surface area contributed by atoms with Crippen molar-refractivity contribution in [1.82, 2.24) is 4.98 Å². The van der Waals surface area contributed by atoms with E-state index in [0.717, 1.165) is 24.8 Å². The van der Waals surface area contributed by atoms with E-state index in [-0.39, 0.29) is 17.7 Å². The van der Waals surface area contributed by atoms with Crippen molar-refractivity contribution in [2.45, 2.75) is 25.4 Å². The summed E-state index contributed by atoms with van der Waals surface area (Å²) < 4.78 is 18.7. The second-order valence-electron chi connectivity index (χ2n) is 4.61. The van der Waals surface area contributed by atoms with Gasteiger partial charge in [-0.25, -0.2) is 4.39 Å².